The van der Waals surface area contributed by atoms with Gasteiger partial charge in [0.2, 0.25) is 0 Å². The van der Waals surface area contributed by atoms with Gasteiger partial charge in [-0.15, -0.1) is 0 Å². The molecule has 3 heteroatoms. The lowest BCUT2D eigenvalue weighted by Crippen LogP contribution is -2.30. The molecule has 1 aliphatic rings. The molecule has 0 unspecified atom stereocenters. The highest BCUT2D eigenvalue weighted by molar-refractivity contribution is 9.10. The maximum atomic E-state index is 5.61. The van der Waals surface area contributed by atoms with Crippen molar-refractivity contribution in [3.63, 3.8) is 0 Å². The van der Waals surface area contributed by atoms with Crippen LogP contribution in [0.25, 0.3) is 0 Å². The highest BCUT2D eigenvalue weighted by Crippen LogP contribution is 2.36. The molecule has 100 valence electrons. The Labute approximate surface area is 119 Å². The summed E-state index contributed by atoms with van der Waals surface area (Å²) in [4.78, 5) is 2.56. The molecular weight excluding hydrogens is 288 g/mol. The quantitative estimate of drug-likeness (QED) is 0.870. The van der Waals surface area contributed by atoms with E-state index in [0.717, 1.165) is 19.0 Å². The van der Waals surface area contributed by atoms with E-state index >= 15 is 0 Å². The van der Waals surface area contributed by atoms with Gasteiger partial charge in [0.15, 0.2) is 0 Å². The summed E-state index contributed by atoms with van der Waals surface area (Å²) >= 11 is 3.72. The van der Waals surface area contributed by atoms with Crippen molar-refractivity contribution in [2.45, 2.75) is 39.2 Å². The van der Waals surface area contributed by atoms with Crippen LogP contribution in [0.5, 0.6) is 0 Å². The summed E-state index contributed by atoms with van der Waals surface area (Å²) in [5.74, 6) is 0.696. The fourth-order valence-corrected chi connectivity index (χ4v) is 2.98. The summed E-state index contributed by atoms with van der Waals surface area (Å²) < 4.78 is 1.21. The van der Waals surface area contributed by atoms with Crippen molar-refractivity contribution in [1.29, 1.82) is 0 Å². The normalized spacial score (nSPS) is 15.2. The van der Waals surface area contributed by atoms with Gasteiger partial charge < -0.3 is 10.6 Å². The lowest BCUT2D eigenvalue weighted by atomic mass is 10.1. The Bertz CT molecular complexity index is 399. The summed E-state index contributed by atoms with van der Waals surface area (Å²) in [7, 11) is 0. The molecular formula is C15H23BrN2. The number of nitrogens with two attached hydrogens (primary N) is 1. The molecule has 1 saturated carbocycles. The third-order valence-corrected chi connectivity index (χ3v) is 3.94. The first-order chi connectivity index (χ1) is 8.61. The van der Waals surface area contributed by atoms with Crippen LogP contribution in [0.15, 0.2) is 22.7 Å². The van der Waals surface area contributed by atoms with Gasteiger partial charge in [0.1, 0.15) is 0 Å². The van der Waals surface area contributed by atoms with Crippen molar-refractivity contribution in [1.82, 2.24) is 0 Å². The number of nitrogens with zero attached hydrogens (tertiary/aromatic N) is 1. The second-order valence-electron chi connectivity index (χ2n) is 5.60. The molecule has 1 aromatic rings. The molecule has 1 aromatic carbocycles. The minimum atomic E-state index is 0.696. The number of rotatable bonds is 6. The fourth-order valence-electron chi connectivity index (χ4n) is 2.33. The Kier molecular flexibility index (Phi) is 4.68. The average molecular weight is 311 g/mol. The molecule has 0 aliphatic heterocycles. The van der Waals surface area contributed by atoms with Gasteiger partial charge in [-0.1, -0.05) is 19.9 Å². The van der Waals surface area contributed by atoms with E-state index in [-0.39, 0.29) is 0 Å². The van der Waals surface area contributed by atoms with E-state index in [0.29, 0.717) is 12.5 Å². The third-order valence-electron chi connectivity index (χ3n) is 3.30. The lowest BCUT2D eigenvalue weighted by molar-refractivity contribution is 0.606. The number of anilines is 1. The van der Waals surface area contributed by atoms with Crippen molar-refractivity contribution in [2.75, 3.05) is 18.0 Å². The minimum Gasteiger partial charge on any atom is -0.367 e. The Morgan fingerprint density at radius 2 is 2.11 bits per heavy atom. The smallest absolute Gasteiger partial charge is 0.0513 e. The van der Waals surface area contributed by atoms with Gasteiger partial charge in [-0.3, -0.25) is 0 Å². The molecule has 0 radical (unpaired) electrons. The molecule has 1 aliphatic carbocycles. The van der Waals surface area contributed by atoms with Crippen LogP contribution < -0.4 is 10.6 Å². The monoisotopic (exact) mass is 310 g/mol. The van der Waals surface area contributed by atoms with Gasteiger partial charge in [-0.2, -0.15) is 0 Å². The first-order valence-electron chi connectivity index (χ1n) is 6.87. The van der Waals surface area contributed by atoms with Crippen LogP contribution in [0.1, 0.15) is 32.3 Å². The lowest BCUT2D eigenvalue weighted by Gasteiger charge is -2.28. The zero-order chi connectivity index (χ0) is 13.1. The first-order valence-corrected chi connectivity index (χ1v) is 7.66. The molecule has 1 fully saturated rings. The van der Waals surface area contributed by atoms with Crippen molar-refractivity contribution in [3.05, 3.63) is 28.2 Å². The van der Waals surface area contributed by atoms with Crippen molar-refractivity contribution >= 4 is 21.6 Å². The van der Waals surface area contributed by atoms with Crippen LogP contribution in [-0.4, -0.2) is 19.1 Å². The zero-order valence-corrected chi connectivity index (χ0v) is 12.9. The highest BCUT2D eigenvalue weighted by Gasteiger charge is 2.30. The first kappa shape index (κ1) is 13.9. The molecule has 2 N–H and O–H groups in total. The topological polar surface area (TPSA) is 29.3 Å². The average Bonchev–Trinajstić information content (AvgIpc) is 3.10. The van der Waals surface area contributed by atoms with E-state index in [2.05, 4.69) is 52.9 Å². The number of hydrogen-bond acceptors (Lipinski definition) is 2. The van der Waals surface area contributed by atoms with E-state index in [1.54, 1.807) is 0 Å². The summed E-state index contributed by atoms with van der Waals surface area (Å²) in [5.41, 5.74) is 8.26. The summed E-state index contributed by atoms with van der Waals surface area (Å²) in [6, 6.07) is 7.43. The predicted molar refractivity (Wildman–Crippen MR) is 82.1 cm³/mol. The van der Waals surface area contributed by atoms with Crippen LogP contribution in [0.4, 0.5) is 5.69 Å². The zero-order valence-electron chi connectivity index (χ0n) is 11.3. The molecule has 2 nitrogen and oxygen atoms in total. The molecule has 0 aromatic heterocycles. The predicted octanol–water partition coefficient (Wildman–Crippen LogP) is 3.58. The molecule has 0 spiro atoms. The van der Waals surface area contributed by atoms with Gasteiger partial charge in [-0.05, 0) is 65.4 Å². The second kappa shape index (κ2) is 6.07. The van der Waals surface area contributed by atoms with Crippen molar-refractivity contribution < 1.29 is 0 Å². The van der Waals surface area contributed by atoms with Crippen molar-refractivity contribution in [3.8, 4) is 0 Å². The van der Waals surface area contributed by atoms with Gasteiger partial charge in [0, 0.05) is 17.1 Å². The molecule has 2 rings (SSSR count). The van der Waals surface area contributed by atoms with E-state index in [4.69, 9.17) is 5.73 Å². The second-order valence-corrected chi connectivity index (χ2v) is 6.46. The van der Waals surface area contributed by atoms with Crippen LogP contribution in [-0.2, 0) is 6.42 Å². The molecule has 0 bridgehead atoms. The Morgan fingerprint density at radius 1 is 1.39 bits per heavy atom. The molecule has 0 heterocycles. The van der Waals surface area contributed by atoms with Crippen LogP contribution in [0.3, 0.4) is 0 Å². The number of halogens is 1. The van der Waals surface area contributed by atoms with Crippen molar-refractivity contribution in [2.24, 2.45) is 11.7 Å². The van der Waals surface area contributed by atoms with E-state index < -0.39 is 0 Å². The SMILES string of the molecule is CC(C)CN(c1ccc(CCN)cc1Br)C1CC1. The van der Waals surface area contributed by atoms with Gasteiger partial charge in [0.25, 0.3) is 0 Å². The highest BCUT2D eigenvalue weighted by atomic mass is 79.9. The Balaban J connectivity index is 2.19. The van der Waals surface area contributed by atoms with Crippen LogP contribution in [0, 0.1) is 5.92 Å². The van der Waals surface area contributed by atoms with Gasteiger partial charge >= 0.3 is 0 Å². The third kappa shape index (κ3) is 3.48. The molecule has 18 heavy (non-hydrogen) atoms. The minimum absolute atomic E-state index is 0.696. The van der Waals surface area contributed by atoms with E-state index in [9.17, 15) is 0 Å². The summed E-state index contributed by atoms with van der Waals surface area (Å²) in [6.45, 7) is 6.42. The molecule has 0 atom stereocenters. The van der Waals surface area contributed by atoms with E-state index in [1.807, 2.05) is 0 Å². The Morgan fingerprint density at radius 3 is 2.61 bits per heavy atom. The maximum Gasteiger partial charge on any atom is 0.0513 e. The Hall–Kier alpha value is -0.540. The standard InChI is InChI=1S/C15H23BrN2/c1-11(2)10-18(13-4-5-13)15-6-3-12(7-8-17)9-14(15)16/h3,6,9,11,13H,4-5,7-8,10,17H2,1-2H3. The summed E-state index contributed by atoms with van der Waals surface area (Å²) in [6.07, 6.45) is 3.62. The number of hydrogen-bond donors (Lipinski definition) is 1. The summed E-state index contributed by atoms with van der Waals surface area (Å²) in [5, 5.41) is 0. The van der Waals surface area contributed by atoms with Gasteiger partial charge in [0.05, 0.1) is 5.69 Å². The largest absolute Gasteiger partial charge is 0.367 e. The maximum absolute atomic E-state index is 5.61. The number of benzene rings is 1. The molecule has 0 amide bonds. The van der Waals surface area contributed by atoms with Crippen LogP contribution in [0.2, 0.25) is 0 Å². The van der Waals surface area contributed by atoms with E-state index in [1.165, 1.54) is 28.6 Å². The molecule has 0 saturated heterocycles. The fraction of sp³-hybridized carbons (Fsp3) is 0.600. The van der Waals surface area contributed by atoms with Crippen LogP contribution >= 0.6 is 15.9 Å². The van der Waals surface area contributed by atoms with Gasteiger partial charge in [-0.25, -0.2) is 0 Å².